The number of hydrogen-bond donors (Lipinski definition) is 1. The summed E-state index contributed by atoms with van der Waals surface area (Å²) in [5, 5.41) is 3.91. The average molecular weight is 238 g/mol. The molecule has 0 radical (unpaired) electrons. The van der Waals surface area contributed by atoms with Gasteiger partial charge in [-0.3, -0.25) is 0 Å². The Morgan fingerprint density at radius 2 is 1.82 bits per heavy atom. The van der Waals surface area contributed by atoms with Gasteiger partial charge < -0.3 is 10.2 Å². The Labute approximate surface area is 107 Å². The van der Waals surface area contributed by atoms with Crippen molar-refractivity contribution in [3.63, 3.8) is 0 Å². The minimum absolute atomic E-state index is 0.732. The van der Waals surface area contributed by atoms with Crippen LogP contribution in [0.25, 0.3) is 0 Å². The molecule has 2 aliphatic rings. The quantitative estimate of drug-likeness (QED) is 0.813. The summed E-state index contributed by atoms with van der Waals surface area (Å²) in [6.07, 6.45) is 9.95. The van der Waals surface area contributed by atoms with E-state index in [0.717, 1.165) is 24.0 Å². The number of piperidine rings is 1. The number of hydrogen-bond acceptors (Lipinski definition) is 2. The predicted molar refractivity (Wildman–Crippen MR) is 74.3 cm³/mol. The molecule has 2 rings (SSSR count). The van der Waals surface area contributed by atoms with Crippen molar-refractivity contribution >= 4 is 0 Å². The minimum atomic E-state index is 0.732. The summed E-state index contributed by atoms with van der Waals surface area (Å²) in [6, 6.07) is 2.24. The second kappa shape index (κ2) is 6.19. The molecule has 0 aromatic heterocycles. The van der Waals surface area contributed by atoms with Crippen LogP contribution in [-0.4, -0.2) is 36.6 Å². The molecule has 1 saturated carbocycles. The van der Waals surface area contributed by atoms with Crippen LogP contribution in [0.2, 0.25) is 0 Å². The van der Waals surface area contributed by atoms with E-state index in [-0.39, 0.29) is 0 Å². The number of nitrogens with zero attached hydrogens (tertiary/aromatic N) is 1. The first kappa shape index (κ1) is 13.4. The van der Waals surface area contributed by atoms with E-state index in [9.17, 15) is 0 Å². The van der Waals surface area contributed by atoms with Crippen molar-refractivity contribution in [2.45, 2.75) is 76.9 Å². The van der Waals surface area contributed by atoms with E-state index in [0.29, 0.717) is 0 Å². The van der Waals surface area contributed by atoms with Crippen molar-refractivity contribution in [2.24, 2.45) is 5.92 Å². The molecule has 2 fully saturated rings. The van der Waals surface area contributed by atoms with Crippen LogP contribution in [0, 0.1) is 5.92 Å². The van der Waals surface area contributed by atoms with Gasteiger partial charge in [0.15, 0.2) is 0 Å². The van der Waals surface area contributed by atoms with Crippen LogP contribution in [0.1, 0.15) is 58.8 Å². The first-order valence-electron chi connectivity index (χ1n) is 7.63. The molecule has 0 aromatic rings. The van der Waals surface area contributed by atoms with E-state index in [1.165, 1.54) is 51.5 Å². The van der Waals surface area contributed by atoms with Gasteiger partial charge in [0.1, 0.15) is 0 Å². The third kappa shape index (κ3) is 3.69. The third-order valence-electron chi connectivity index (χ3n) is 5.06. The molecule has 0 amide bonds. The van der Waals surface area contributed by atoms with Gasteiger partial charge in [0.25, 0.3) is 0 Å². The van der Waals surface area contributed by atoms with Crippen molar-refractivity contribution in [3.05, 3.63) is 0 Å². The Balaban J connectivity index is 1.76. The Kier molecular flexibility index (Phi) is 4.87. The number of rotatable bonds is 3. The highest BCUT2D eigenvalue weighted by Gasteiger charge is 2.26. The van der Waals surface area contributed by atoms with Gasteiger partial charge in [0.05, 0.1) is 0 Å². The van der Waals surface area contributed by atoms with Gasteiger partial charge in [0, 0.05) is 18.1 Å². The second-order valence-electron chi connectivity index (χ2n) is 6.40. The first-order chi connectivity index (χ1) is 8.16. The smallest absolute Gasteiger partial charge is 0.00966 e. The van der Waals surface area contributed by atoms with E-state index in [1.807, 2.05) is 0 Å². The van der Waals surface area contributed by atoms with Crippen molar-refractivity contribution in [3.8, 4) is 0 Å². The van der Waals surface area contributed by atoms with Gasteiger partial charge in [0.2, 0.25) is 0 Å². The monoisotopic (exact) mass is 238 g/mol. The molecule has 1 aliphatic carbocycles. The fourth-order valence-corrected chi connectivity index (χ4v) is 3.58. The molecule has 1 N–H and O–H groups in total. The molecule has 100 valence electrons. The first-order valence-corrected chi connectivity index (χ1v) is 7.63. The van der Waals surface area contributed by atoms with E-state index >= 15 is 0 Å². The molecule has 1 aliphatic heterocycles. The molecule has 3 atom stereocenters. The SMILES string of the molecule is CC1CC(N[C@H](C)C2CCCCC2)CCN1C. The predicted octanol–water partition coefficient (Wildman–Crippen LogP) is 3.03. The summed E-state index contributed by atoms with van der Waals surface area (Å²) in [5.41, 5.74) is 0. The third-order valence-corrected chi connectivity index (χ3v) is 5.06. The van der Waals surface area contributed by atoms with Crippen molar-refractivity contribution in [1.82, 2.24) is 10.2 Å². The van der Waals surface area contributed by atoms with Gasteiger partial charge in [-0.2, -0.15) is 0 Å². The number of nitrogens with one attached hydrogen (secondary N) is 1. The van der Waals surface area contributed by atoms with Gasteiger partial charge in [-0.25, -0.2) is 0 Å². The highest BCUT2D eigenvalue weighted by atomic mass is 15.1. The topological polar surface area (TPSA) is 15.3 Å². The lowest BCUT2D eigenvalue weighted by molar-refractivity contribution is 0.151. The molecule has 17 heavy (non-hydrogen) atoms. The normalized spacial score (nSPS) is 34.8. The molecule has 0 aromatic carbocycles. The van der Waals surface area contributed by atoms with Crippen LogP contribution < -0.4 is 5.32 Å². The van der Waals surface area contributed by atoms with Crippen LogP contribution in [0.15, 0.2) is 0 Å². The summed E-state index contributed by atoms with van der Waals surface area (Å²) < 4.78 is 0. The molecule has 0 spiro atoms. The highest BCUT2D eigenvalue weighted by molar-refractivity contribution is 4.85. The van der Waals surface area contributed by atoms with Crippen LogP contribution in [-0.2, 0) is 0 Å². The average Bonchev–Trinajstić information content (AvgIpc) is 2.35. The second-order valence-corrected chi connectivity index (χ2v) is 6.40. The Morgan fingerprint density at radius 3 is 2.47 bits per heavy atom. The standard InChI is InChI=1S/C15H30N2/c1-12-11-15(9-10-17(12)3)16-13(2)14-7-5-4-6-8-14/h12-16H,4-11H2,1-3H3/t12?,13-,15?/m1/s1. The zero-order valence-electron chi connectivity index (χ0n) is 11.9. The summed E-state index contributed by atoms with van der Waals surface area (Å²) in [6.45, 7) is 6.04. The molecule has 1 heterocycles. The fourth-order valence-electron chi connectivity index (χ4n) is 3.58. The fraction of sp³-hybridized carbons (Fsp3) is 1.00. The van der Waals surface area contributed by atoms with Crippen LogP contribution >= 0.6 is 0 Å². The van der Waals surface area contributed by atoms with Crippen molar-refractivity contribution in [1.29, 1.82) is 0 Å². The lowest BCUT2D eigenvalue weighted by Gasteiger charge is -2.38. The molecule has 1 saturated heterocycles. The van der Waals surface area contributed by atoms with E-state index in [1.54, 1.807) is 0 Å². The van der Waals surface area contributed by atoms with Gasteiger partial charge >= 0.3 is 0 Å². The van der Waals surface area contributed by atoms with Crippen molar-refractivity contribution in [2.75, 3.05) is 13.6 Å². The van der Waals surface area contributed by atoms with Gasteiger partial charge in [-0.1, -0.05) is 19.3 Å². The van der Waals surface area contributed by atoms with Crippen LogP contribution in [0.5, 0.6) is 0 Å². The summed E-state index contributed by atoms with van der Waals surface area (Å²) >= 11 is 0. The Hall–Kier alpha value is -0.0800. The van der Waals surface area contributed by atoms with E-state index in [4.69, 9.17) is 0 Å². The largest absolute Gasteiger partial charge is 0.311 e. The van der Waals surface area contributed by atoms with E-state index < -0.39 is 0 Å². The molecular weight excluding hydrogens is 208 g/mol. The minimum Gasteiger partial charge on any atom is -0.311 e. The molecule has 0 bridgehead atoms. The maximum Gasteiger partial charge on any atom is 0.00966 e. The highest BCUT2D eigenvalue weighted by Crippen LogP contribution is 2.27. The molecule has 2 unspecified atom stereocenters. The Morgan fingerprint density at radius 1 is 1.12 bits per heavy atom. The molecular formula is C15H30N2. The molecule has 2 nitrogen and oxygen atoms in total. The summed E-state index contributed by atoms with van der Waals surface area (Å²) in [4.78, 5) is 2.49. The zero-order valence-corrected chi connectivity index (χ0v) is 11.9. The van der Waals surface area contributed by atoms with Crippen molar-refractivity contribution < 1.29 is 0 Å². The summed E-state index contributed by atoms with van der Waals surface area (Å²) in [7, 11) is 2.26. The number of likely N-dealkylation sites (tertiary alicyclic amines) is 1. The van der Waals surface area contributed by atoms with Gasteiger partial charge in [-0.15, -0.1) is 0 Å². The van der Waals surface area contributed by atoms with E-state index in [2.05, 4.69) is 31.1 Å². The lowest BCUT2D eigenvalue weighted by atomic mass is 9.84. The van der Waals surface area contributed by atoms with Gasteiger partial charge in [-0.05, 0) is 59.0 Å². The maximum absolute atomic E-state index is 3.91. The zero-order chi connectivity index (χ0) is 12.3. The summed E-state index contributed by atoms with van der Waals surface area (Å²) in [5.74, 6) is 0.943. The Bertz CT molecular complexity index is 223. The maximum atomic E-state index is 3.91. The van der Waals surface area contributed by atoms with Crippen LogP contribution in [0.3, 0.4) is 0 Å². The van der Waals surface area contributed by atoms with Crippen LogP contribution in [0.4, 0.5) is 0 Å². The lowest BCUT2D eigenvalue weighted by Crippen LogP contribution is -2.49. The molecule has 2 heteroatoms.